The van der Waals surface area contributed by atoms with Crippen LogP contribution < -0.4 is 15.6 Å². The highest BCUT2D eigenvalue weighted by molar-refractivity contribution is 6.42. The fraction of sp³-hybridized carbons (Fsp3) is 0.133. The zero-order valence-electron chi connectivity index (χ0n) is 12.4. The molecule has 0 saturated heterocycles. The molecule has 24 heavy (non-hydrogen) atoms. The number of aryl methyl sites for hydroxylation is 1. The Balaban J connectivity index is 1.84. The molecule has 2 amide bonds. The summed E-state index contributed by atoms with van der Waals surface area (Å²) in [7, 11) is 0. The molecule has 0 radical (unpaired) electrons. The molecule has 0 atom stereocenters. The van der Waals surface area contributed by atoms with E-state index in [1.807, 2.05) is 6.92 Å². The molecule has 0 saturated carbocycles. The number of hydrogen-bond acceptors (Lipinski definition) is 4. The lowest BCUT2D eigenvalue weighted by molar-refractivity contribution is -0.123. The van der Waals surface area contributed by atoms with Crippen LogP contribution in [-0.2, 0) is 4.79 Å². The van der Waals surface area contributed by atoms with E-state index < -0.39 is 18.4 Å². The Kier molecular flexibility index (Phi) is 6.25. The first kappa shape index (κ1) is 18.3. The molecule has 0 unspecified atom stereocenters. The Bertz CT molecular complexity index is 767. The van der Waals surface area contributed by atoms with E-state index in [0.717, 1.165) is 5.56 Å². The smallest absolute Gasteiger partial charge is 0.276 e. The lowest BCUT2D eigenvalue weighted by Gasteiger charge is -2.10. The van der Waals surface area contributed by atoms with Crippen molar-refractivity contribution in [3.05, 3.63) is 56.7 Å². The molecule has 1 heterocycles. The van der Waals surface area contributed by atoms with E-state index in [-0.39, 0.29) is 21.1 Å². The molecule has 2 rings (SSSR count). The molecule has 0 bridgehead atoms. The number of hydrazine groups is 1. The predicted octanol–water partition coefficient (Wildman–Crippen LogP) is 3.19. The van der Waals surface area contributed by atoms with Gasteiger partial charge in [-0.2, -0.15) is 4.98 Å². The van der Waals surface area contributed by atoms with Gasteiger partial charge in [0, 0.05) is 5.56 Å². The van der Waals surface area contributed by atoms with Gasteiger partial charge in [-0.1, -0.05) is 52.5 Å². The van der Waals surface area contributed by atoms with Crippen LogP contribution in [0.5, 0.6) is 5.88 Å². The van der Waals surface area contributed by atoms with Gasteiger partial charge in [-0.25, -0.2) is 0 Å². The van der Waals surface area contributed by atoms with Crippen molar-refractivity contribution in [2.24, 2.45) is 0 Å². The summed E-state index contributed by atoms with van der Waals surface area (Å²) in [5.41, 5.74) is 5.92. The minimum atomic E-state index is -0.598. The molecule has 9 heteroatoms. The summed E-state index contributed by atoms with van der Waals surface area (Å²) >= 11 is 17.4. The molecule has 0 aliphatic heterocycles. The van der Waals surface area contributed by atoms with Crippen LogP contribution >= 0.6 is 34.8 Å². The van der Waals surface area contributed by atoms with Crippen LogP contribution in [0.1, 0.15) is 15.9 Å². The van der Waals surface area contributed by atoms with E-state index in [4.69, 9.17) is 39.5 Å². The van der Waals surface area contributed by atoms with Crippen LogP contribution in [0.25, 0.3) is 0 Å². The molecule has 6 nitrogen and oxygen atoms in total. The standard InChI is InChI=1S/C15H12Cl3N3O3/c1-8-2-4-9(5-3-8)14(23)21-20-12(22)7-24-15-11(17)6-10(16)13(18)19-15/h2-6H,7H2,1H3,(H,20,22)(H,21,23). The maximum atomic E-state index is 11.8. The predicted molar refractivity (Wildman–Crippen MR) is 91.5 cm³/mol. The molecular formula is C15H12Cl3N3O3. The van der Waals surface area contributed by atoms with Crippen LogP contribution in [0.4, 0.5) is 0 Å². The van der Waals surface area contributed by atoms with Crippen molar-refractivity contribution in [2.75, 3.05) is 6.61 Å². The minimum Gasteiger partial charge on any atom is -0.466 e. The van der Waals surface area contributed by atoms with Crippen molar-refractivity contribution in [2.45, 2.75) is 6.92 Å². The van der Waals surface area contributed by atoms with Crippen LogP contribution in [-0.4, -0.2) is 23.4 Å². The van der Waals surface area contributed by atoms with Crippen molar-refractivity contribution >= 4 is 46.6 Å². The first-order valence-corrected chi connectivity index (χ1v) is 7.80. The first-order chi connectivity index (χ1) is 11.4. The molecule has 0 aliphatic rings. The topological polar surface area (TPSA) is 80.3 Å². The molecule has 0 fully saturated rings. The zero-order valence-corrected chi connectivity index (χ0v) is 14.7. The van der Waals surface area contributed by atoms with Crippen LogP contribution in [0.3, 0.4) is 0 Å². The van der Waals surface area contributed by atoms with Gasteiger partial charge < -0.3 is 4.74 Å². The van der Waals surface area contributed by atoms with Gasteiger partial charge in [0.05, 0.1) is 5.02 Å². The largest absolute Gasteiger partial charge is 0.466 e. The SMILES string of the molecule is Cc1ccc(C(=O)NNC(=O)COc2nc(Cl)c(Cl)cc2Cl)cc1. The average molecular weight is 389 g/mol. The highest BCUT2D eigenvalue weighted by atomic mass is 35.5. The maximum absolute atomic E-state index is 11.8. The number of carbonyl (C=O) groups excluding carboxylic acids is 2. The van der Waals surface area contributed by atoms with Crippen molar-refractivity contribution in [1.29, 1.82) is 0 Å². The lowest BCUT2D eigenvalue weighted by atomic mass is 10.1. The zero-order chi connectivity index (χ0) is 17.7. The fourth-order valence-corrected chi connectivity index (χ4v) is 2.15. The molecule has 0 aliphatic carbocycles. The lowest BCUT2D eigenvalue weighted by Crippen LogP contribution is -2.43. The van der Waals surface area contributed by atoms with Crippen molar-refractivity contribution in [1.82, 2.24) is 15.8 Å². The fourth-order valence-electron chi connectivity index (χ4n) is 1.60. The monoisotopic (exact) mass is 387 g/mol. The third kappa shape index (κ3) is 4.99. The van der Waals surface area contributed by atoms with Gasteiger partial charge in [-0.3, -0.25) is 20.4 Å². The van der Waals surface area contributed by atoms with Crippen molar-refractivity contribution < 1.29 is 14.3 Å². The van der Waals surface area contributed by atoms with Gasteiger partial charge in [-0.15, -0.1) is 0 Å². The molecular weight excluding hydrogens is 377 g/mol. The van der Waals surface area contributed by atoms with Gasteiger partial charge in [0.25, 0.3) is 11.8 Å². The summed E-state index contributed by atoms with van der Waals surface area (Å²) < 4.78 is 5.14. The van der Waals surface area contributed by atoms with E-state index >= 15 is 0 Å². The number of nitrogens with one attached hydrogen (secondary N) is 2. The number of rotatable bonds is 4. The van der Waals surface area contributed by atoms with E-state index in [9.17, 15) is 9.59 Å². The first-order valence-electron chi connectivity index (χ1n) is 6.67. The second-order valence-corrected chi connectivity index (χ2v) is 5.88. The maximum Gasteiger partial charge on any atom is 0.276 e. The Hall–Kier alpha value is -2.02. The number of halogens is 3. The quantitative estimate of drug-likeness (QED) is 0.623. The van der Waals surface area contributed by atoms with Gasteiger partial charge in [0.15, 0.2) is 11.8 Å². The van der Waals surface area contributed by atoms with E-state index in [0.29, 0.717) is 5.56 Å². The van der Waals surface area contributed by atoms with E-state index in [1.54, 1.807) is 24.3 Å². The number of nitrogens with zero attached hydrogens (tertiary/aromatic N) is 1. The second kappa shape index (κ2) is 8.19. The van der Waals surface area contributed by atoms with Crippen molar-refractivity contribution in [3.63, 3.8) is 0 Å². The normalized spacial score (nSPS) is 10.2. The summed E-state index contributed by atoms with van der Waals surface area (Å²) in [5, 5.41) is 0.286. The third-order valence-electron chi connectivity index (χ3n) is 2.82. The molecule has 1 aromatic heterocycles. The summed E-state index contributed by atoms with van der Waals surface area (Å²) in [6.07, 6.45) is 0. The number of carbonyl (C=O) groups is 2. The number of hydrogen-bond donors (Lipinski definition) is 2. The molecule has 2 aromatic rings. The van der Waals surface area contributed by atoms with Crippen LogP contribution in [0.2, 0.25) is 15.2 Å². The summed E-state index contributed by atoms with van der Waals surface area (Å²) in [6.45, 7) is 1.49. The Morgan fingerprint density at radius 3 is 2.42 bits per heavy atom. The molecule has 126 valence electrons. The highest BCUT2D eigenvalue weighted by Crippen LogP contribution is 2.30. The van der Waals surface area contributed by atoms with Gasteiger partial charge in [0.2, 0.25) is 5.88 Å². The van der Waals surface area contributed by atoms with E-state index in [1.165, 1.54) is 6.07 Å². The Morgan fingerprint density at radius 2 is 1.75 bits per heavy atom. The van der Waals surface area contributed by atoms with Crippen LogP contribution in [0, 0.1) is 6.92 Å². The number of pyridine rings is 1. The summed E-state index contributed by atoms with van der Waals surface area (Å²) in [6, 6.07) is 8.22. The van der Waals surface area contributed by atoms with Crippen LogP contribution in [0.15, 0.2) is 30.3 Å². The minimum absolute atomic E-state index is 0.00384. The highest BCUT2D eigenvalue weighted by Gasteiger charge is 2.12. The van der Waals surface area contributed by atoms with E-state index in [2.05, 4.69) is 15.8 Å². The number of benzene rings is 1. The Labute approximate surface area is 153 Å². The second-order valence-electron chi connectivity index (χ2n) is 4.70. The van der Waals surface area contributed by atoms with Gasteiger partial charge in [-0.05, 0) is 25.1 Å². The third-order valence-corrected chi connectivity index (χ3v) is 3.77. The van der Waals surface area contributed by atoms with Gasteiger partial charge >= 0.3 is 0 Å². The Morgan fingerprint density at radius 1 is 1.08 bits per heavy atom. The van der Waals surface area contributed by atoms with Gasteiger partial charge in [0.1, 0.15) is 5.02 Å². The molecule has 2 N–H and O–H groups in total. The number of aromatic nitrogens is 1. The molecule has 1 aromatic carbocycles. The average Bonchev–Trinajstić information content (AvgIpc) is 2.55. The summed E-state index contributed by atoms with van der Waals surface area (Å²) in [5.74, 6) is -1.08. The number of ether oxygens (including phenoxy) is 1. The molecule has 0 spiro atoms. The van der Waals surface area contributed by atoms with Crippen molar-refractivity contribution in [3.8, 4) is 5.88 Å². The summed E-state index contributed by atoms with van der Waals surface area (Å²) in [4.78, 5) is 27.3. The number of amides is 2.